The van der Waals surface area contributed by atoms with Crippen LogP contribution < -0.4 is 0 Å². The van der Waals surface area contributed by atoms with Crippen LogP contribution in [0.4, 0.5) is 0 Å². The van der Waals surface area contributed by atoms with Crippen LogP contribution in [0.2, 0.25) is 0 Å². The first-order chi connectivity index (χ1) is 10.1. The summed E-state index contributed by atoms with van der Waals surface area (Å²) in [5, 5.41) is 22.2. The van der Waals surface area contributed by atoms with Gasteiger partial charge in [0.15, 0.2) is 5.82 Å². The van der Waals surface area contributed by atoms with Crippen molar-refractivity contribution < 1.29 is 5.11 Å². The van der Waals surface area contributed by atoms with E-state index in [-0.39, 0.29) is 0 Å². The zero-order chi connectivity index (χ0) is 14.7. The molecule has 21 heavy (non-hydrogen) atoms. The maximum absolute atomic E-state index is 10.2. The van der Waals surface area contributed by atoms with E-state index in [9.17, 15) is 5.11 Å². The molecule has 0 aliphatic carbocycles. The van der Waals surface area contributed by atoms with E-state index in [2.05, 4.69) is 20.4 Å². The maximum Gasteiger partial charge on any atom is 0.170 e. The topological polar surface area (TPSA) is 67.1 Å². The lowest BCUT2D eigenvalue weighted by Gasteiger charge is -2.21. The molecule has 1 fully saturated rings. The molecular weight excluding hydrogens is 266 g/mol. The Morgan fingerprint density at radius 1 is 1.19 bits per heavy atom. The number of nitrogens with zero attached hydrogens (tertiary/aromatic N) is 5. The van der Waals surface area contributed by atoms with E-state index in [0.29, 0.717) is 6.54 Å². The van der Waals surface area contributed by atoms with Crippen LogP contribution in [0.3, 0.4) is 0 Å². The second kappa shape index (κ2) is 5.91. The standard InChI is InChI=1S/C15H21N5O/c1-15(21)8-5-10-19(11-9-15)12-14-16-17-18-20(14)13-6-3-2-4-7-13/h2-4,6-7,21H,5,8-12H2,1H3. The van der Waals surface area contributed by atoms with Gasteiger partial charge in [-0.15, -0.1) is 5.10 Å². The first kappa shape index (κ1) is 14.2. The molecule has 3 rings (SSSR count). The molecule has 0 spiro atoms. The summed E-state index contributed by atoms with van der Waals surface area (Å²) < 4.78 is 1.78. The molecule has 1 aliphatic rings. The summed E-state index contributed by atoms with van der Waals surface area (Å²) in [7, 11) is 0. The molecule has 1 N–H and O–H groups in total. The van der Waals surface area contributed by atoms with E-state index in [1.807, 2.05) is 37.3 Å². The molecule has 0 radical (unpaired) electrons. The van der Waals surface area contributed by atoms with Crippen LogP contribution in [0, 0.1) is 0 Å². The lowest BCUT2D eigenvalue weighted by molar-refractivity contribution is 0.0443. The number of tetrazole rings is 1. The van der Waals surface area contributed by atoms with Crippen LogP contribution in [-0.4, -0.2) is 48.9 Å². The fraction of sp³-hybridized carbons (Fsp3) is 0.533. The van der Waals surface area contributed by atoms with Crippen molar-refractivity contribution in [2.24, 2.45) is 0 Å². The van der Waals surface area contributed by atoms with Gasteiger partial charge in [-0.05, 0) is 55.3 Å². The van der Waals surface area contributed by atoms with Gasteiger partial charge in [-0.25, -0.2) is 0 Å². The van der Waals surface area contributed by atoms with Gasteiger partial charge in [0.1, 0.15) is 0 Å². The Kier molecular flexibility index (Phi) is 3.98. The van der Waals surface area contributed by atoms with Gasteiger partial charge in [-0.3, -0.25) is 4.90 Å². The molecule has 1 aromatic heterocycles. The number of para-hydroxylation sites is 1. The minimum atomic E-state index is -0.542. The fourth-order valence-corrected chi connectivity index (χ4v) is 2.75. The number of rotatable bonds is 3. The highest BCUT2D eigenvalue weighted by Crippen LogP contribution is 2.22. The van der Waals surface area contributed by atoms with Crippen molar-refractivity contribution in [2.75, 3.05) is 13.1 Å². The van der Waals surface area contributed by atoms with Crippen LogP contribution in [0.1, 0.15) is 32.0 Å². The number of hydrogen-bond donors (Lipinski definition) is 1. The molecule has 0 amide bonds. The maximum atomic E-state index is 10.2. The normalized spacial score (nSPS) is 23.9. The zero-order valence-electron chi connectivity index (χ0n) is 12.3. The van der Waals surface area contributed by atoms with Gasteiger partial charge in [-0.2, -0.15) is 4.68 Å². The predicted octanol–water partition coefficient (Wildman–Crippen LogP) is 1.40. The molecule has 1 atom stereocenters. The highest BCUT2D eigenvalue weighted by Gasteiger charge is 2.25. The van der Waals surface area contributed by atoms with E-state index in [4.69, 9.17) is 0 Å². The average molecular weight is 287 g/mol. The average Bonchev–Trinajstić information content (AvgIpc) is 2.86. The Morgan fingerprint density at radius 2 is 2.00 bits per heavy atom. The summed E-state index contributed by atoms with van der Waals surface area (Å²) in [4.78, 5) is 2.31. The van der Waals surface area contributed by atoms with Crippen LogP contribution in [0.15, 0.2) is 30.3 Å². The first-order valence-corrected chi connectivity index (χ1v) is 7.41. The van der Waals surface area contributed by atoms with E-state index in [1.165, 1.54) is 0 Å². The zero-order valence-corrected chi connectivity index (χ0v) is 12.3. The van der Waals surface area contributed by atoms with Crippen molar-refractivity contribution in [3.8, 4) is 5.69 Å². The smallest absolute Gasteiger partial charge is 0.170 e. The molecule has 2 heterocycles. The summed E-state index contributed by atoms with van der Waals surface area (Å²) in [6, 6.07) is 9.92. The molecule has 2 aromatic rings. The van der Waals surface area contributed by atoms with E-state index >= 15 is 0 Å². The van der Waals surface area contributed by atoms with Gasteiger partial charge in [0.2, 0.25) is 0 Å². The monoisotopic (exact) mass is 287 g/mol. The van der Waals surface area contributed by atoms with Crippen molar-refractivity contribution in [1.82, 2.24) is 25.1 Å². The van der Waals surface area contributed by atoms with E-state index in [0.717, 1.165) is 43.9 Å². The minimum absolute atomic E-state index is 0.542. The van der Waals surface area contributed by atoms with Gasteiger partial charge in [0.25, 0.3) is 0 Å². The second-order valence-electron chi connectivity index (χ2n) is 5.97. The van der Waals surface area contributed by atoms with Crippen molar-refractivity contribution in [3.05, 3.63) is 36.2 Å². The molecule has 1 aliphatic heterocycles. The molecule has 112 valence electrons. The van der Waals surface area contributed by atoms with Gasteiger partial charge in [0, 0.05) is 6.54 Å². The predicted molar refractivity (Wildman–Crippen MR) is 78.9 cm³/mol. The Labute approximate surface area is 124 Å². The van der Waals surface area contributed by atoms with Crippen molar-refractivity contribution >= 4 is 0 Å². The summed E-state index contributed by atoms with van der Waals surface area (Å²) in [6.45, 7) is 4.47. The molecule has 1 unspecified atom stereocenters. The lowest BCUT2D eigenvalue weighted by Crippen LogP contribution is -2.29. The van der Waals surface area contributed by atoms with Crippen LogP contribution in [0.5, 0.6) is 0 Å². The number of aliphatic hydroxyl groups is 1. The molecule has 0 bridgehead atoms. The number of likely N-dealkylation sites (tertiary alicyclic amines) is 1. The summed E-state index contributed by atoms with van der Waals surface area (Å²) in [6.07, 6.45) is 2.65. The van der Waals surface area contributed by atoms with Gasteiger partial charge in [0.05, 0.1) is 17.8 Å². The number of benzene rings is 1. The van der Waals surface area contributed by atoms with Crippen molar-refractivity contribution in [1.29, 1.82) is 0 Å². The molecule has 6 heteroatoms. The SMILES string of the molecule is CC1(O)CCCN(Cc2nnnn2-c2ccccc2)CC1. The van der Waals surface area contributed by atoms with Gasteiger partial charge >= 0.3 is 0 Å². The van der Waals surface area contributed by atoms with Gasteiger partial charge < -0.3 is 5.11 Å². The number of hydrogen-bond acceptors (Lipinski definition) is 5. The largest absolute Gasteiger partial charge is 0.390 e. The molecular formula is C15H21N5O. The Hall–Kier alpha value is -1.79. The van der Waals surface area contributed by atoms with E-state index in [1.54, 1.807) is 4.68 Å². The Morgan fingerprint density at radius 3 is 2.81 bits per heavy atom. The molecule has 6 nitrogen and oxygen atoms in total. The third kappa shape index (κ3) is 3.46. The molecule has 1 aromatic carbocycles. The van der Waals surface area contributed by atoms with Crippen molar-refractivity contribution in [2.45, 2.75) is 38.3 Å². The first-order valence-electron chi connectivity index (χ1n) is 7.41. The molecule has 0 saturated carbocycles. The fourth-order valence-electron chi connectivity index (χ4n) is 2.75. The highest BCUT2D eigenvalue weighted by atomic mass is 16.3. The summed E-state index contributed by atoms with van der Waals surface area (Å²) >= 11 is 0. The Balaban J connectivity index is 1.73. The summed E-state index contributed by atoms with van der Waals surface area (Å²) in [5.74, 6) is 0.836. The quantitative estimate of drug-likeness (QED) is 0.924. The highest BCUT2D eigenvalue weighted by molar-refractivity contribution is 5.30. The lowest BCUT2D eigenvalue weighted by atomic mass is 9.98. The third-order valence-corrected chi connectivity index (χ3v) is 4.06. The third-order valence-electron chi connectivity index (χ3n) is 4.06. The van der Waals surface area contributed by atoms with Crippen LogP contribution in [-0.2, 0) is 6.54 Å². The van der Waals surface area contributed by atoms with E-state index < -0.39 is 5.60 Å². The van der Waals surface area contributed by atoms with Crippen LogP contribution >= 0.6 is 0 Å². The summed E-state index contributed by atoms with van der Waals surface area (Å²) in [5.41, 5.74) is 0.430. The van der Waals surface area contributed by atoms with Gasteiger partial charge in [-0.1, -0.05) is 18.2 Å². The number of aromatic nitrogens is 4. The van der Waals surface area contributed by atoms with Crippen molar-refractivity contribution in [3.63, 3.8) is 0 Å². The minimum Gasteiger partial charge on any atom is -0.390 e. The Bertz CT molecular complexity index is 581. The molecule has 1 saturated heterocycles. The second-order valence-corrected chi connectivity index (χ2v) is 5.97. The van der Waals surface area contributed by atoms with Crippen LogP contribution in [0.25, 0.3) is 5.69 Å².